The molecule has 0 N–H and O–H groups in total. The molecule has 0 fully saturated rings. The van der Waals surface area contributed by atoms with Crippen LogP contribution in [-0.4, -0.2) is 30.9 Å². The number of benzene rings is 3. The van der Waals surface area contributed by atoms with Crippen molar-refractivity contribution in [1.82, 2.24) is 0 Å². The fourth-order valence-electron chi connectivity index (χ4n) is 4.45. The lowest BCUT2D eigenvalue weighted by Crippen LogP contribution is -2.15. The molecule has 4 heteroatoms. The molecule has 0 atom stereocenters. The van der Waals surface area contributed by atoms with Crippen LogP contribution in [0.25, 0.3) is 16.5 Å². The molecule has 1 heterocycles. The van der Waals surface area contributed by atoms with Gasteiger partial charge < -0.3 is 9.32 Å². The number of nitrogens with zero attached hydrogens (tertiary/aromatic N) is 2. The van der Waals surface area contributed by atoms with Crippen LogP contribution in [0, 0.1) is 0 Å². The molecule has 0 saturated heterocycles. The van der Waals surface area contributed by atoms with Crippen molar-refractivity contribution in [2.75, 3.05) is 25.5 Å². The van der Waals surface area contributed by atoms with Gasteiger partial charge in [0.1, 0.15) is 25.4 Å². The maximum absolute atomic E-state index is 13.6. The van der Waals surface area contributed by atoms with Crippen molar-refractivity contribution in [3.05, 3.63) is 136 Å². The van der Waals surface area contributed by atoms with E-state index < -0.39 is 0 Å². The van der Waals surface area contributed by atoms with E-state index in [0.29, 0.717) is 16.5 Å². The average Bonchev–Trinajstić information content (AvgIpc) is 2.95. The van der Waals surface area contributed by atoms with E-state index in [-0.39, 0.29) is 5.43 Å². The highest BCUT2D eigenvalue weighted by atomic mass is 16.3. The van der Waals surface area contributed by atoms with Crippen molar-refractivity contribution in [3.63, 3.8) is 0 Å². The summed E-state index contributed by atoms with van der Waals surface area (Å²) in [6.07, 6.45) is 9.94. The van der Waals surface area contributed by atoms with E-state index in [9.17, 15) is 4.79 Å². The van der Waals surface area contributed by atoms with Gasteiger partial charge >= 0.3 is 0 Å². The number of hydrogen-bond donors (Lipinski definition) is 0. The lowest BCUT2D eigenvalue weighted by molar-refractivity contribution is -0.491. The largest absolute Gasteiger partial charge is 0.463 e. The number of hydrogen-bond acceptors (Lipinski definition) is 3. The SMILES string of the molecule is CC[N+](C)=C1C=CC(=C(c2ccc(N(C)c3ccccc3)cc2)c2coc3ccccc3c2=O)C=C1. The topological polar surface area (TPSA) is 36.5 Å². The van der Waals surface area contributed by atoms with Crippen LogP contribution in [0.1, 0.15) is 18.1 Å². The van der Waals surface area contributed by atoms with Crippen LogP contribution in [0.4, 0.5) is 11.4 Å². The van der Waals surface area contributed by atoms with E-state index in [0.717, 1.165) is 40.3 Å². The van der Waals surface area contributed by atoms with Crippen LogP contribution in [0.3, 0.4) is 0 Å². The first-order chi connectivity index (χ1) is 17.6. The molecular formula is C32H29N2O2+. The van der Waals surface area contributed by atoms with Gasteiger partial charge in [-0.1, -0.05) is 42.5 Å². The minimum atomic E-state index is -0.0351. The Morgan fingerprint density at radius 2 is 1.47 bits per heavy atom. The number of para-hydroxylation sites is 2. The summed E-state index contributed by atoms with van der Waals surface area (Å²) >= 11 is 0. The lowest BCUT2D eigenvalue weighted by Gasteiger charge is -2.20. The second-order valence-electron chi connectivity index (χ2n) is 8.85. The fraction of sp³-hybridized carbons (Fsp3) is 0.125. The van der Waals surface area contributed by atoms with Crippen LogP contribution in [0.2, 0.25) is 0 Å². The van der Waals surface area contributed by atoms with Crippen molar-refractivity contribution < 1.29 is 8.99 Å². The Morgan fingerprint density at radius 1 is 0.833 bits per heavy atom. The summed E-state index contributed by atoms with van der Waals surface area (Å²) in [6, 6.07) is 26.0. The van der Waals surface area contributed by atoms with Gasteiger partial charge in [0, 0.05) is 36.1 Å². The van der Waals surface area contributed by atoms with E-state index in [1.54, 1.807) is 6.26 Å². The molecular weight excluding hydrogens is 444 g/mol. The molecule has 178 valence electrons. The molecule has 0 unspecified atom stereocenters. The minimum Gasteiger partial charge on any atom is -0.463 e. The molecule has 0 bridgehead atoms. The molecule has 0 spiro atoms. The molecule has 1 aromatic heterocycles. The molecule has 0 amide bonds. The van der Waals surface area contributed by atoms with Crippen molar-refractivity contribution in [2.45, 2.75) is 6.92 Å². The summed E-state index contributed by atoms with van der Waals surface area (Å²) in [6.45, 7) is 3.04. The summed E-state index contributed by atoms with van der Waals surface area (Å²) in [4.78, 5) is 15.7. The lowest BCUT2D eigenvalue weighted by atomic mass is 9.91. The Balaban J connectivity index is 1.64. The zero-order chi connectivity index (χ0) is 25.1. The van der Waals surface area contributed by atoms with Gasteiger partial charge in [-0.3, -0.25) is 4.79 Å². The molecule has 1 aliphatic rings. The van der Waals surface area contributed by atoms with Gasteiger partial charge in [0.05, 0.1) is 10.9 Å². The summed E-state index contributed by atoms with van der Waals surface area (Å²) < 4.78 is 8.09. The monoisotopic (exact) mass is 473 g/mol. The van der Waals surface area contributed by atoms with E-state index in [2.05, 4.69) is 91.2 Å². The highest BCUT2D eigenvalue weighted by Gasteiger charge is 2.18. The summed E-state index contributed by atoms with van der Waals surface area (Å²) in [5.41, 5.74) is 7.19. The fourth-order valence-corrected chi connectivity index (χ4v) is 4.45. The molecule has 5 rings (SSSR count). The second kappa shape index (κ2) is 10.0. The predicted molar refractivity (Wildman–Crippen MR) is 149 cm³/mol. The van der Waals surface area contributed by atoms with Crippen molar-refractivity contribution in [1.29, 1.82) is 0 Å². The Kier molecular flexibility index (Phi) is 6.50. The molecule has 3 aromatic carbocycles. The zero-order valence-electron chi connectivity index (χ0n) is 20.8. The second-order valence-corrected chi connectivity index (χ2v) is 8.85. The van der Waals surface area contributed by atoms with Gasteiger partial charge in [-0.05, 0) is 66.6 Å². The number of fused-ring (bicyclic) bond motifs is 1. The Bertz CT molecular complexity index is 1570. The summed E-state index contributed by atoms with van der Waals surface area (Å²) in [5.74, 6) is 0. The van der Waals surface area contributed by atoms with Crippen molar-refractivity contribution in [2.24, 2.45) is 0 Å². The Hall–Kier alpha value is -4.44. The van der Waals surface area contributed by atoms with E-state index in [1.807, 2.05) is 42.5 Å². The number of anilines is 2. The molecule has 0 aliphatic heterocycles. The van der Waals surface area contributed by atoms with Crippen LogP contribution < -0.4 is 10.3 Å². The third-order valence-corrected chi connectivity index (χ3v) is 6.71. The maximum atomic E-state index is 13.6. The molecule has 0 saturated carbocycles. The zero-order valence-corrected chi connectivity index (χ0v) is 20.8. The van der Waals surface area contributed by atoms with Crippen LogP contribution in [0.15, 0.2) is 124 Å². The molecule has 36 heavy (non-hydrogen) atoms. The van der Waals surface area contributed by atoms with Crippen LogP contribution in [-0.2, 0) is 0 Å². The van der Waals surface area contributed by atoms with Gasteiger partial charge in [-0.2, -0.15) is 0 Å². The van der Waals surface area contributed by atoms with Gasteiger partial charge in [-0.15, -0.1) is 0 Å². The highest BCUT2D eigenvalue weighted by molar-refractivity contribution is 6.04. The standard InChI is InChI=1S/C32H29N2O2/c1-4-33(2)25-18-14-23(15-19-25)31(29-22-36-30-13-9-8-12-28(30)32(29)35)24-16-20-27(21-17-24)34(3)26-10-6-5-7-11-26/h5-22H,4H2,1-3H3/q+1. The van der Waals surface area contributed by atoms with Crippen LogP contribution >= 0.6 is 0 Å². The van der Waals surface area contributed by atoms with Gasteiger partial charge in [-0.25, -0.2) is 4.58 Å². The quantitative estimate of drug-likeness (QED) is 0.307. The first kappa shape index (κ1) is 23.3. The van der Waals surface area contributed by atoms with Gasteiger partial charge in [0.2, 0.25) is 5.43 Å². The molecule has 4 nitrogen and oxygen atoms in total. The Morgan fingerprint density at radius 3 is 2.17 bits per heavy atom. The summed E-state index contributed by atoms with van der Waals surface area (Å²) in [5, 5.41) is 0.579. The normalized spacial score (nSPS) is 12.8. The van der Waals surface area contributed by atoms with E-state index >= 15 is 0 Å². The smallest absolute Gasteiger partial charge is 0.200 e. The van der Waals surface area contributed by atoms with E-state index in [4.69, 9.17) is 4.42 Å². The van der Waals surface area contributed by atoms with Crippen molar-refractivity contribution in [3.8, 4) is 0 Å². The summed E-state index contributed by atoms with van der Waals surface area (Å²) in [7, 11) is 4.12. The minimum absolute atomic E-state index is 0.0351. The molecule has 0 radical (unpaired) electrons. The van der Waals surface area contributed by atoms with Gasteiger partial charge in [0.25, 0.3) is 0 Å². The average molecular weight is 474 g/mol. The van der Waals surface area contributed by atoms with Crippen LogP contribution in [0.5, 0.6) is 0 Å². The molecule has 1 aliphatic carbocycles. The molecule has 4 aromatic rings. The Labute approximate surface area is 211 Å². The maximum Gasteiger partial charge on any atom is 0.200 e. The third-order valence-electron chi connectivity index (χ3n) is 6.71. The van der Waals surface area contributed by atoms with Crippen molar-refractivity contribution >= 4 is 33.6 Å². The first-order valence-electron chi connectivity index (χ1n) is 12.2. The van der Waals surface area contributed by atoms with Gasteiger partial charge in [0.15, 0.2) is 5.71 Å². The van der Waals surface area contributed by atoms with E-state index in [1.165, 1.54) is 0 Å². The predicted octanol–water partition coefficient (Wildman–Crippen LogP) is 6.59. The first-order valence-corrected chi connectivity index (χ1v) is 12.2. The third kappa shape index (κ3) is 4.46. The number of allylic oxidation sites excluding steroid dienone is 5. The number of rotatable bonds is 5. The highest BCUT2D eigenvalue weighted by Crippen LogP contribution is 2.31.